The fourth-order valence-electron chi connectivity index (χ4n) is 3.58. The van der Waals surface area contributed by atoms with Crippen LogP contribution in [-0.2, 0) is 16.1 Å². The van der Waals surface area contributed by atoms with Crippen LogP contribution in [0.3, 0.4) is 0 Å². The highest BCUT2D eigenvalue weighted by molar-refractivity contribution is 6.88. The normalized spacial score (nSPS) is 12.3. The fraction of sp³-hybridized carbons (Fsp3) is 0.292. The molecule has 0 fully saturated rings. The van der Waals surface area contributed by atoms with Gasteiger partial charge in [-0.05, 0) is 33.6 Å². The highest BCUT2D eigenvalue weighted by Crippen LogP contribution is 2.25. The van der Waals surface area contributed by atoms with E-state index in [2.05, 4.69) is 10.5 Å². The number of rotatable bonds is 8. The number of likely N-dealkylation sites (N-methyl/N-ethyl adjacent to an activating group) is 1. The summed E-state index contributed by atoms with van der Waals surface area (Å²) in [6.07, 6.45) is 0. The van der Waals surface area contributed by atoms with Gasteiger partial charge in [-0.15, -0.1) is 0 Å². The molecule has 2 aromatic carbocycles. The van der Waals surface area contributed by atoms with Crippen LogP contribution < -0.4 is 10.5 Å². The van der Waals surface area contributed by atoms with Crippen LogP contribution in [-0.4, -0.2) is 49.2 Å². The van der Waals surface area contributed by atoms with E-state index in [4.69, 9.17) is 9.26 Å². The van der Waals surface area contributed by atoms with Crippen LogP contribution in [0.25, 0.3) is 0 Å². The Hall–Kier alpha value is -3.50. The Balaban J connectivity index is 1.93. The van der Waals surface area contributed by atoms with Gasteiger partial charge in [0.15, 0.2) is 0 Å². The molecule has 1 aromatic heterocycles. The van der Waals surface area contributed by atoms with E-state index in [0.717, 1.165) is 11.6 Å². The van der Waals surface area contributed by atoms with Crippen LogP contribution >= 0.6 is 0 Å². The molecule has 0 radical (unpaired) electrons. The molecular formula is C24H28FN3O5Si. The number of amides is 2. The number of nitrogens with one attached hydrogen (secondary N) is 1. The van der Waals surface area contributed by atoms with E-state index in [-0.39, 0.29) is 17.3 Å². The summed E-state index contributed by atoms with van der Waals surface area (Å²) < 4.78 is 24.7. The number of carbonyl (C=O) groups is 2. The first-order chi connectivity index (χ1) is 16.0. The second kappa shape index (κ2) is 10.2. The van der Waals surface area contributed by atoms with E-state index < -0.39 is 31.8 Å². The Kier molecular flexibility index (Phi) is 7.53. The number of methoxy groups -OCH3 is 1. The Morgan fingerprint density at radius 3 is 2.38 bits per heavy atom. The SMILES string of the molecule is COCc1ccc([C@H](C(=O)Nc2ccc([Si](C)(C)C)c(F)c2)N(C)C(=O)c2cc(O)no2)cc1. The van der Waals surface area contributed by atoms with Crippen molar-refractivity contribution in [1.29, 1.82) is 0 Å². The van der Waals surface area contributed by atoms with Gasteiger partial charge in [-0.25, -0.2) is 4.39 Å². The molecule has 1 heterocycles. The van der Waals surface area contributed by atoms with Crippen LogP contribution in [0.15, 0.2) is 53.1 Å². The van der Waals surface area contributed by atoms with Gasteiger partial charge in [0.1, 0.15) is 11.9 Å². The molecule has 0 saturated carbocycles. The number of benzene rings is 2. The van der Waals surface area contributed by atoms with E-state index in [1.165, 1.54) is 18.0 Å². The molecule has 0 aliphatic heterocycles. The summed E-state index contributed by atoms with van der Waals surface area (Å²) >= 11 is 0. The van der Waals surface area contributed by atoms with Crippen LogP contribution in [0.2, 0.25) is 19.6 Å². The maximum absolute atomic E-state index is 14.7. The first-order valence-corrected chi connectivity index (χ1v) is 14.1. The van der Waals surface area contributed by atoms with Gasteiger partial charge in [-0.1, -0.05) is 50.0 Å². The number of aromatic nitrogens is 1. The highest BCUT2D eigenvalue weighted by Gasteiger charge is 2.32. The number of nitrogens with zero attached hydrogens (tertiary/aromatic N) is 2. The lowest BCUT2D eigenvalue weighted by atomic mass is 10.0. The lowest BCUT2D eigenvalue weighted by Gasteiger charge is -2.27. The second-order valence-corrected chi connectivity index (χ2v) is 14.0. The molecule has 0 aliphatic carbocycles. The van der Waals surface area contributed by atoms with Crippen molar-refractivity contribution in [3.63, 3.8) is 0 Å². The molecule has 2 amide bonds. The summed E-state index contributed by atoms with van der Waals surface area (Å²) in [6, 6.07) is 11.7. The molecule has 0 spiro atoms. The molecule has 3 aromatic rings. The molecule has 0 saturated heterocycles. The number of carbonyl (C=O) groups excluding carboxylic acids is 2. The van der Waals surface area contributed by atoms with Gasteiger partial charge in [-0.3, -0.25) is 9.59 Å². The molecule has 180 valence electrons. The Morgan fingerprint density at radius 1 is 1.18 bits per heavy atom. The number of halogens is 1. The van der Waals surface area contributed by atoms with E-state index in [1.54, 1.807) is 43.5 Å². The minimum Gasteiger partial charge on any atom is -0.491 e. The first kappa shape index (κ1) is 25.1. The minimum absolute atomic E-state index is 0.223. The number of aromatic hydroxyl groups is 1. The van der Waals surface area contributed by atoms with Crippen LogP contribution in [0.5, 0.6) is 5.88 Å². The molecule has 1 atom stereocenters. The van der Waals surface area contributed by atoms with E-state index in [1.807, 2.05) is 19.6 Å². The monoisotopic (exact) mass is 485 g/mol. The van der Waals surface area contributed by atoms with Crippen molar-refractivity contribution in [2.75, 3.05) is 19.5 Å². The van der Waals surface area contributed by atoms with Gasteiger partial charge < -0.3 is 24.6 Å². The molecular weight excluding hydrogens is 457 g/mol. The zero-order valence-corrected chi connectivity index (χ0v) is 20.8. The van der Waals surface area contributed by atoms with Crippen molar-refractivity contribution >= 4 is 30.8 Å². The molecule has 34 heavy (non-hydrogen) atoms. The summed E-state index contributed by atoms with van der Waals surface area (Å²) in [6.45, 7) is 6.50. The quantitative estimate of drug-likeness (QED) is 0.472. The molecule has 2 N–H and O–H groups in total. The van der Waals surface area contributed by atoms with Crippen LogP contribution in [0.4, 0.5) is 10.1 Å². The Morgan fingerprint density at radius 2 is 1.85 bits per heavy atom. The smallest absolute Gasteiger partial charge is 0.293 e. The lowest BCUT2D eigenvalue weighted by Crippen LogP contribution is -2.40. The van der Waals surface area contributed by atoms with Gasteiger partial charge in [0.25, 0.3) is 17.7 Å². The number of hydrogen-bond donors (Lipinski definition) is 2. The van der Waals surface area contributed by atoms with Crippen LogP contribution in [0, 0.1) is 5.82 Å². The van der Waals surface area contributed by atoms with Crippen molar-refractivity contribution in [1.82, 2.24) is 10.1 Å². The maximum Gasteiger partial charge on any atom is 0.293 e. The van der Waals surface area contributed by atoms with Gasteiger partial charge in [-0.2, -0.15) is 0 Å². The fourth-order valence-corrected chi connectivity index (χ4v) is 4.96. The minimum atomic E-state index is -1.88. The second-order valence-electron chi connectivity index (χ2n) is 8.98. The van der Waals surface area contributed by atoms with Crippen molar-refractivity contribution in [3.05, 3.63) is 71.2 Å². The molecule has 3 rings (SSSR count). The predicted molar refractivity (Wildman–Crippen MR) is 128 cm³/mol. The van der Waals surface area contributed by atoms with E-state index >= 15 is 0 Å². The highest BCUT2D eigenvalue weighted by atomic mass is 28.3. The Labute approximate surface area is 198 Å². The zero-order valence-electron chi connectivity index (χ0n) is 19.8. The zero-order chi connectivity index (χ0) is 25.0. The van der Waals surface area contributed by atoms with Gasteiger partial charge in [0, 0.05) is 19.8 Å². The average Bonchev–Trinajstić information content (AvgIpc) is 3.20. The van der Waals surface area contributed by atoms with Crippen LogP contribution in [0.1, 0.15) is 27.7 Å². The first-order valence-electron chi connectivity index (χ1n) is 10.6. The summed E-state index contributed by atoms with van der Waals surface area (Å²) in [7, 11) is 1.13. The third kappa shape index (κ3) is 5.70. The number of ether oxygens (including phenoxy) is 1. The van der Waals surface area contributed by atoms with E-state index in [0.29, 0.717) is 17.4 Å². The largest absolute Gasteiger partial charge is 0.491 e. The summed E-state index contributed by atoms with van der Waals surface area (Å²) in [4.78, 5) is 27.5. The summed E-state index contributed by atoms with van der Waals surface area (Å²) in [5.74, 6) is -2.24. The third-order valence-electron chi connectivity index (χ3n) is 5.32. The van der Waals surface area contributed by atoms with E-state index in [9.17, 15) is 19.1 Å². The van der Waals surface area contributed by atoms with Gasteiger partial charge in [0.2, 0.25) is 5.76 Å². The average molecular weight is 486 g/mol. The molecule has 0 bridgehead atoms. The predicted octanol–water partition coefficient (Wildman–Crippen LogP) is 3.66. The van der Waals surface area contributed by atoms with Crippen molar-refractivity contribution < 1.29 is 28.3 Å². The summed E-state index contributed by atoms with van der Waals surface area (Å²) in [5, 5.41) is 16.1. The summed E-state index contributed by atoms with van der Waals surface area (Å²) in [5.41, 5.74) is 1.70. The number of hydrogen-bond acceptors (Lipinski definition) is 6. The molecule has 0 unspecified atom stereocenters. The Bertz CT molecular complexity index is 1170. The van der Waals surface area contributed by atoms with Crippen molar-refractivity contribution in [2.45, 2.75) is 32.3 Å². The third-order valence-corrected chi connectivity index (χ3v) is 7.34. The lowest BCUT2D eigenvalue weighted by molar-refractivity contribution is -0.120. The van der Waals surface area contributed by atoms with Gasteiger partial charge in [0.05, 0.1) is 20.7 Å². The standard InChI is InChI=1S/C24H28FN3O5Si/c1-28(24(31)19-13-21(29)27-33-19)22(16-8-6-15(7-9-16)14-32-2)23(30)26-17-10-11-20(18(25)12-17)34(3,4)5/h6-13,22H,14H2,1-5H3,(H,26,30)(H,27,29)/t22-/m1/s1. The molecule has 8 nitrogen and oxygen atoms in total. The van der Waals surface area contributed by atoms with Crippen molar-refractivity contribution in [2.24, 2.45) is 0 Å². The molecule has 10 heteroatoms. The number of anilines is 1. The topological polar surface area (TPSA) is 105 Å². The maximum atomic E-state index is 14.7. The van der Waals surface area contributed by atoms with Gasteiger partial charge >= 0.3 is 0 Å². The molecule has 0 aliphatic rings. The van der Waals surface area contributed by atoms with Crippen molar-refractivity contribution in [3.8, 4) is 5.88 Å².